The van der Waals surface area contributed by atoms with E-state index in [2.05, 4.69) is 73.4 Å². The number of anilines is 1. The Morgan fingerprint density at radius 3 is 2.21 bits per heavy atom. The summed E-state index contributed by atoms with van der Waals surface area (Å²) >= 11 is 0. The monoisotopic (exact) mass is 448 g/mol. The summed E-state index contributed by atoms with van der Waals surface area (Å²) < 4.78 is 15.5. The summed E-state index contributed by atoms with van der Waals surface area (Å²) in [5.41, 5.74) is 7.11. The van der Waals surface area contributed by atoms with E-state index >= 15 is 0 Å². The number of hydrogen-bond donors (Lipinski definition) is 0. The molecule has 0 N–H and O–H groups in total. The molecule has 4 rings (SSSR count). The Morgan fingerprint density at radius 1 is 0.879 bits per heavy atom. The molecule has 3 aromatic rings. The van der Waals surface area contributed by atoms with Gasteiger partial charge in [0, 0.05) is 37.4 Å². The van der Waals surface area contributed by atoms with E-state index < -0.39 is 0 Å². The van der Waals surface area contributed by atoms with Gasteiger partial charge in [-0.2, -0.15) is 5.10 Å². The third kappa shape index (κ3) is 5.64. The lowest BCUT2D eigenvalue weighted by molar-refractivity contribution is 0.254. The molecule has 1 aliphatic rings. The van der Waals surface area contributed by atoms with Crippen molar-refractivity contribution >= 4 is 5.69 Å². The van der Waals surface area contributed by atoms with Crippen molar-refractivity contribution in [2.75, 3.05) is 37.6 Å². The highest BCUT2D eigenvalue weighted by Gasteiger charge is 2.21. The van der Waals surface area contributed by atoms with Crippen LogP contribution in [-0.4, -0.2) is 47.4 Å². The molecule has 2 heterocycles. The summed E-state index contributed by atoms with van der Waals surface area (Å²) in [6, 6.07) is 15.7. The van der Waals surface area contributed by atoms with Crippen molar-refractivity contribution in [1.29, 1.82) is 0 Å². The van der Waals surface area contributed by atoms with Gasteiger partial charge in [0.15, 0.2) is 0 Å². The SMILES string of the molecule is Cc1ccc(N2CCN(CCCc3cc(-c4ccc(F)cc4)n(C(C)(C)C)n3)CC2)cc1C. The van der Waals surface area contributed by atoms with Gasteiger partial charge in [-0.05, 0) is 108 Å². The first-order valence-corrected chi connectivity index (χ1v) is 12.1. The van der Waals surface area contributed by atoms with Crippen LogP contribution in [0.15, 0.2) is 48.5 Å². The minimum atomic E-state index is -0.210. The van der Waals surface area contributed by atoms with Gasteiger partial charge in [-0.3, -0.25) is 9.58 Å². The van der Waals surface area contributed by atoms with E-state index in [9.17, 15) is 4.39 Å². The van der Waals surface area contributed by atoms with E-state index in [0.29, 0.717) is 0 Å². The summed E-state index contributed by atoms with van der Waals surface area (Å²) in [6.45, 7) is 16.3. The number of hydrogen-bond acceptors (Lipinski definition) is 3. The van der Waals surface area contributed by atoms with E-state index in [1.54, 1.807) is 0 Å². The van der Waals surface area contributed by atoms with Crippen molar-refractivity contribution in [2.45, 2.75) is 53.0 Å². The Hall–Kier alpha value is -2.66. The van der Waals surface area contributed by atoms with E-state index in [1.807, 2.05) is 12.1 Å². The standard InChI is InChI=1S/C28H37FN4/c1-21-8-13-26(19-22(21)2)32-17-15-31(16-18-32)14-6-7-25-20-27(33(30-25)28(3,4)5)23-9-11-24(29)12-10-23/h8-13,19-20H,6-7,14-18H2,1-5H3. The van der Waals surface area contributed by atoms with Crippen LogP contribution in [0.4, 0.5) is 10.1 Å². The van der Waals surface area contributed by atoms with Crippen molar-refractivity contribution in [2.24, 2.45) is 0 Å². The second-order valence-electron chi connectivity index (χ2n) is 10.3. The Balaban J connectivity index is 1.33. The smallest absolute Gasteiger partial charge is 0.123 e. The van der Waals surface area contributed by atoms with Gasteiger partial charge in [-0.1, -0.05) is 6.07 Å². The lowest BCUT2D eigenvalue weighted by Gasteiger charge is -2.36. The fraction of sp³-hybridized carbons (Fsp3) is 0.464. The predicted octanol–water partition coefficient (Wildman–Crippen LogP) is 5.82. The Kier molecular flexibility index (Phi) is 6.89. The predicted molar refractivity (Wildman–Crippen MR) is 136 cm³/mol. The summed E-state index contributed by atoms with van der Waals surface area (Å²) in [4.78, 5) is 5.07. The van der Waals surface area contributed by atoms with Crippen molar-refractivity contribution in [1.82, 2.24) is 14.7 Å². The second kappa shape index (κ2) is 9.68. The van der Waals surface area contributed by atoms with Gasteiger partial charge < -0.3 is 4.90 Å². The van der Waals surface area contributed by atoms with Crippen LogP contribution in [0, 0.1) is 19.7 Å². The van der Waals surface area contributed by atoms with Crippen LogP contribution >= 0.6 is 0 Å². The van der Waals surface area contributed by atoms with Gasteiger partial charge in [0.25, 0.3) is 0 Å². The lowest BCUT2D eigenvalue weighted by atomic mass is 10.1. The molecule has 5 heteroatoms. The van der Waals surface area contributed by atoms with E-state index in [0.717, 1.165) is 62.5 Å². The molecule has 33 heavy (non-hydrogen) atoms. The number of aromatic nitrogens is 2. The quantitative estimate of drug-likeness (QED) is 0.475. The number of piperazine rings is 1. The zero-order chi connectivity index (χ0) is 23.6. The van der Waals surface area contributed by atoms with Gasteiger partial charge in [-0.25, -0.2) is 4.39 Å². The van der Waals surface area contributed by atoms with Crippen molar-refractivity contribution < 1.29 is 4.39 Å². The third-order valence-electron chi connectivity index (χ3n) is 6.67. The molecule has 1 fully saturated rings. The first kappa shape index (κ1) is 23.5. The van der Waals surface area contributed by atoms with Gasteiger partial charge in [0.2, 0.25) is 0 Å². The highest BCUT2D eigenvalue weighted by molar-refractivity contribution is 5.60. The Morgan fingerprint density at radius 2 is 1.58 bits per heavy atom. The van der Waals surface area contributed by atoms with Crippen molar-refractivity contribution in [3.63, 3.8) is 0 Å². The number of aryl methyl sites for hydroxylation is 3. The van der Waals surface area contributed by atoms with Gasteiger partial charge >= 0.3 is 0 Å². The largest absolute Gasteiger partial charge is 0.369 e. The molecule has 0 unspecified atom stereocenters. The molecular formula is C28H37FN4. The molecule has 2 aromatic carbocycles. The minimum absolute atomic E-state index is 0.132. The van der Waals surface area contributed by atoms with Crippen LogP contribution in [0.3, 0.4) is 0 Å². The van der Waals surface area contributed by atoms with E-state index in [1.165, 1.54) is 28.9 Å². The maximum Gasteiger partial charge on any atom is 0.123 e. The first-order valence-electron chi connectivity index (χ1n) is 12.1. The molecule has 1 aromatic heterocycles. The zero-order valence-corrected chi connectivity index (χ0v) is 20.7. The average molecular weight is 449 g/mol. The molecule has 1 saturated heterocycles. The number of benzene rings is 2. The van der Waals surface area contributed by atoms with Crippen LogP contribution in [0.25, 0.3) is 11.3 Å². The second-order valence-corrected chi connectivity index (χ2v) is 10.3. The first-order chi connectivity index (χ1) is 15.7. The molecule has 0 radical (unpaired) electrons. The number of nitrogens with zero attached hydrogens (tertiary/aromatic N) is 4. The Bertz CT molecular complexity index is 1070. The zero-order valence-electron chi connectivity index (χ0n) is 20.7. The van der Waals surface area contributed by atoms with Gasteiger partial charge in [0.1, 0.15) is 5.82 Å². The summed E-state index contributed by atoms with van der Waals surface area (Å²) in [7, 11) is 0. The molecule has 0 bridgehead atoms. The highest BCUT2D eigenvalue weighted by Crippen LogP contribution is 2.27. The molecule has 0 saturated carbocycles. The molecular weight excluding hydrogens is 411 g/mol. The maximum atomic E-state index is 13.4. The van der Waals surface area contributed by atoms with Crippen molar-refractivity contribution in [3.05, 3.63) is 71.2 Å². The molecule has 0 aliphatic carbocycles. The minimum Gasteiger partial charge on any atom is -0.369 e. The van der Waals surface area contributed by atoms with Crippen LogP contribution in [0.5, 0.6) is 0 Å². The molecule has 176 valence electrons. The van der Waals surface area contributed by atoms with E-state index in [-0.39, 0.29) is 11.4 Å². The fourth-order valence-electron chi connectivity index (χ4n) is 4.53. The summed E-state index contributed by atoms with van der Waals surface area (Å²) in [5, 5.41) is 4.93. The summed E-state index contributed by atoms with van der Waals surface area (Å²) in [5.74, 6) is -0.210. The van der Waals surface area contributed by atoms with Crippen LogP contribution < -0.4 is 4.90 Å². The van der Waals surface area contributed by atoms with Gasteiger partial charge in [0.05, 0.1) is 16.9 Å². The highest BCUT2D eigenvalue weighted by atomic mass is 19.1. The average Bonchev–Trinajstić information content (AvgIpc) is 3.22. The van der Waals surface area contributed by atoms with E-state index in [4.69, 9.17) is 5.10 Å². The molecule has 0 atom stereocenters. The number of halogens is 1. The summed E-state index contributed by atoms with van der Waals surface area (Å²) in [6.07, 6.45) is 2.04. The third-order valence-corrected chi connectivity index (χ3v) is 6.67. The van der Waals surface area contributed by atoms with Crippen LogP contribution in [0.2, 0.25) is 0 Å². The van der Waals surface area contributed by atoms with Gasteiger partial charge in [-0.15, -0.1) is 0 Å². The molecule has 0 spiro atoms. The van der Waals surface area contributed by atoms with Crippen LogP contribution in [-0.2, 0) is 12.0 Å². The van der Waals surface area contributed by atoms with Crippen molar-refractivity contribution in [3.8, 4) is 11.3 Å². The van der Waals surface area contributed by atoms with Crippen LogP contribution in [0.1, 0.15) is 44.0 Å². The normalized spacial score (nSPS) is 15.3. The molecule has 4 nitrogen and oxygen atoms in total. The fourth-order valence-corrected chi connectivity index (χ4v) is 4.53. The lowest BCUT2D eigenvalue weighted by Crippen LogP contribution is -2.46. The topological polar surface area (TPSA) is 24.3 Å². The molecule has 0 amide bonds. The Labute approximate surface area is 198 Å². The maximum absolute atomic E-state index is 13.4. The molecule has 1 aliphatic heterocycles. The number of rotatable bonds is 6.